The van der Waals surface area contributed by atoms with E-state index in [1.165, 1.54) is 0 Å². The van der Waals surface area contributed by atoms with Gasteiger partial charge in [-0.15, -0.1) is 0 Å². The summed E-state index contributed by atoms with van der Waals surface area (Å²) in [6.45, 7) is 5.27. The van der Waals surface area contributed by atoms with Crippen molar-refractivity contribution in [3.63, 3.8) is 0 Å². The Kier molecular flexibility index (Phi) is 6.34. The first-order valence-corrected chi connectivity index (χ1v) is 9.74. The summed E-state index contributed by atoms with van der Waals surface area (Å²) < 4.78 is 5.35. The summed E-state index contributed by atoms with van der Waals surface area (Å²) >= 11 is 0. The van der Waals surface area contributed by atoms with Gasteiger partial charge in [0.15, 0.2) is 0 Å². The number of rotatable bonds is 6. The van der Waals surface area contributed by atoms with Crippen LogP contribution in [0.1, 0.15) is 30.9 Å². The highest BCUT2D eigenvalue weighted by molar-refractivity contribution is 5.84. The standard InChI is InChI=1S/C23H28N2O3/c1-16(2)23(27)25-14-20(18-10-7-11-19(12-18)28-3)21(15-25)22(26)24-13-17-8-5-4-6-9-17/h4-12,16,20-21H,13-15H2,1-3H3,(H,24,26). The van der Waals surface area contributed by atoms with Crippen molar-refractivity contribution in [3.05, 3.63) is 65.7 Å². The Morgan fingerprint density at radius 2 is 1.86 bits per heavy atom. The van der Waals surface area contributed by atoms with Gasteiger partial charge in [-0.3, -0.25) is 9.59 Å². The number of methoxy groups -OCH3 is 1. The first-order chi connectivity index (χ1) is 13.5. The Bertz CT molecular complexity index is 820. The maximum atomic E-state index is 13.0. The molecule has 2 aromatic carbocycles. The number of nitrogens with one attached hydrogen (secondary N) is 1. The Morgan fingerprint density at radius 3 is 2.54 bits per heavy atom. The molecule has 0 bridgehead atoms. The molecule has 0 saturated carbocycles. The van der Waals surface area contributed by atoms with Gasteiger partial charge in [-0.25, -0.2) is 0 Å². The van der Waals surface area contributed by atoms with E-state index in [9.17, 15) is 9.59 Å². The van der Waals surface area contributed by atoms with Crippen LogP contribution < -0.4 is 10.1 Å². The Balaban J connectivity index is 1.79. The van der Waals surface area contributed by atoms with Gasteiger partial charge in [0, 0.05) is 31.5 Å². The third-order valence-corrected chi connectivity index (χ3v) is 5.29. The Hall–Kier alpha value is -2.82. The molecule has 0 radical (unpaired) electrons. The maximum absolute atomic E-state index is 13.0. The molecule has 1 aliphatic heterocycles. The molecule has 1 fully saturated rings. The monoisotopic (exact) mass is 380 g/mol. The van der Waals surface area contributed by atoms with E-state index in [0.29, 0.717) is 19.6 Å². The molecule has 1 saturated heterocycles. The van der Waals surface area contributed by atoms with E-state index < -0.39 is 0 Å². The van der Waals surface area contributed by atoms with Crippen LogP contribution in [-0.2, 0) is 16.1 Å². The molecular weight excluding hydrogens is 352 g/mol. The number of hydrogen-bond acceptors (Lipinski definition) is 3. The number of benzene rings is 2. The van der Waals surface area contributed by atoms with Gasteiger partial charge in [-0.1, -0.05) is 56.3 Å². The van der Waals surface area contributed by atoms with E-state index in [4.69, 9.17) is 4.74 Å². The highest BCUT2D eigenvalue weighted by Crippen LogP contribution is 2.35. The number of nitrogens with zero attached hydrogens (tertiary/aromatic N) is 1. The fourth-order valence-corrected chi connectivity index (χ4v) is 3.74. The molecular formula is C23H28N2O3. The van der Waals surface area contributed by atoms with E-state index in [1.807, 2.05) is 73.3 Å². The molecule has 2 atom stereocenters. The zero-order chi connectivity index (χ0) is 20.1. The summed E-state index contributed by atoms with van der Waals surface area (Å²) in [5.74, 6) is 0.417. The third-order valence-electron chi connectivity index (χ3n) is 5.29. The van der Waals surface area contributed by atoms with Crippen molar-refractivity contribution < 1.29 is 14.3 Å². The second kappa shape index (κ2) is 8.91. The Morgan fingerprint density at radius 1 is 1.11 bits per heavy atom. The van der Waals surface area contributed by atoms with Crippen LogP contribution in [-0.4, -0.2) is 36.9 Å². The van der Waals surface area contributed by atoms with Crippen molar-refractivity contribution in [2.75, 3.05) is 20.2 Å². The first kappa shape index (κ1) is 19.9. The van der Waals surface area contributed by atoms with Crippen LogP contribution in [0.4, 0.5) is 0 Å². The van der Waals surface area contributed by atoms with E-state index in [-0.39, 0.29) is 29.6 Å². The van der Waals surface area contributed by atoms with Gasteiger partial charge >= 0.3 is 0 Å². The maximum Gasteiger partial charge on any atom is 0.225 e. The SMILES string of the molecule is COc1cccc(C2CN(C(=O)C(C)C)CC2C(=O)NCc2ccccc2)c1. The minimum absolute atomic E-state index is 0.0178. The van der Waals surface area contributed by atoms with Crippen LogP contribution in [0.15, 0.2) is 54.6 Å². The summed E-state index contributed by atoms with van der Waals surface area (Å²) in [6, 6.07) is 17.6. The van der Waals surface area contributed by atoms with Crippen LogP contribution in [0.2, 0.25) is 0 Å². The zero-order valence-corrected chi connectivity index (χ0v) is 16.7. The molecule has 2 amide bonds. The van der Waals surface area contributed by atoms with Crippen molar-refractivity contribution in [1.82, 2.24) is 10.2 Å². The molecule has 2 aromatic rings. The lowest BCUT2D eigenvalue weighted by Gasteiger charge is -2.19. The van der Waals surface area contributed by atoms with Crippen LogP contribution in [0, 0.1) is 11.8 Å². The van der Waals surface area contributed by atoms with Crippen LogP contribution in [0.25, 0.3) is 0 Å². The van der Waals surface area contributed by atoms with Gasteiger partial charge in [0.25, 0.3) is 0 Å². The second-order valence-electron chi connectivity index (χ2n) is 7.59. The number of carbonyl (C=O) groups is 2. The molecule has 0 aliphatic carbocycles. The van der Waals surface area contributed by atoms with Crippen molar-refractivity contribution in [1.29, 1.82) is 0 Å². The molecule has 148 valence electrons. The summed E-state index contributed by atoms with van der Waals surface area (Å²) in [5.41, 5.74) is 2.08. The van der Waals surface area contributed by atoms with E-state index in [2.05, 4.69) is 5.32 Å². The smallest absolute Gasteiger partial charge is 0.225 e. The average molecular weight is 380 g/mol. The van der Waals surface area contributed by atoms with E-state index in [1.54, 1.807) is 7.11 Å². The number of carbonyl (C=O) groups excluding carboxylic acids is 2. The Labute approximate surface area is 166 Å². The van der Waals surface area contributed by atoms with E-state index >= 15 is 0 Å². The summed E-state index contributed by atoms with van der Waals surface area (Å²) in [4.78, 5) is 27.4. The lowest BCUT2D eigenvalue weighted by molar-refractivity contribution is -0.133. The normalized spacial score (nSPS) is 18.9. The number of amides is 2. The fraction of sp³-hybridized carbons (Fsp3) is 0.391. The predicted molar refractivity (Wildman–Crippen MR) is 109 cm³/mol. The minimum Gasteiger partial charge on any atom is -0.497 e. The van der Waals surface area contributed by atoms with Crippen molar-refractivity contribution in [2.24, 2.45) is 11.8 Å². The summed E-state index contributed by atoms with van der Waals surface area (Å²) in [7, 11) is 1.63. The van der Waals surface area contributed by atoms with Crippen LogP contribution in [0.3, 0.4) is 0 Å². The third kappa shape index (κ3) is 4.53. The molecule has 1 heterocycles. The lowest BCUT2D eigenvalue weighted by Crippen LogP contribution is -2.36. The molecule has 28 heavy (non-hydrogen) atoms. The van der Waals surface area contributed by atoms with E-state index in [0.717, 1.165) is 16.9 Å². The highest BCUT2D eigenvalue weighted by atomic mass is 16.5. The molecule has 0 spiro atoms. The van der Waals surface area contributed by atoms with Gasteiger partial charge in [0.05, 0.1) is 13.0 Å². The van der Waals surface area contributed by atoms with Crippen LogP contribution >= 0.6 is 0 Å². The zero-order valence-electron chi connectivity index (χ0n) is 16.7. The van der Waals surface area contributed by atoms with Gasteiger partial charge in [0.1, 0.15) is 5.75 Å². The lowest BCUT2D eigenvalue weighted by atomic mass is 9.88. The van der Waals surface area contributed by atoms with Crippen LogP contribution in [0.5, 0.6) is 5.75 Å². The number of likely N-dealkylation sites (tertiary alicyclic amines) is 1. The van der Waals surface area contributed by atoms with Gasteiger partial charge in [-0.2, -0.15) is 0 Å². The van der Waals surface area contributed by atoms with Crippen molar-refractivity contribution in [3.8, 4) is 5.75 Å². The molecule has 5 nitrogen and oxygen atoms in total. The number of ether oxygens (including phenoxy) is 1. The molecule has 1 aliphatic rings. The average Bonchev–Trinajstić information content (AvgIpc) is 3.17. The minimum atomic E-state index is -0.279. The predicted octanol–water partition coefficient (Wildman–Crippen LogP) is 3.21. The largest absolute Gasteiger partial charge is 0.497 e. The van der Waals surface area contributed by atoms with Gasteiger partial charge in [-0.05, 0) is 23.3 Å². The molecule has 1 N–H and O–H groups in total. The second-order valence-corrected chi connectivity index (χ2v) is 7.59. The fourth-order valence-electron chi connectivity index (χ4n) is 3.74. The molecule has 0 aromatic heterocycles. The molecule has 5 heteroatoms. The highest BCUT2D eigenvalue weighted by Gasteiger charge is 2.40. The van der Waals surface area contributed by atoms with Gasteiger partial charge in [0.2, 0.25) is 11.8 Å². The quantitative estimate of drug-likeness (QED) is 0.837. The van der Waals surface area contributed by atoms with Gasteiger partial charge < -0.3 is 15.0 Å². The topological polar surface area (TPSA) is 58.6 Å². The molecule has 3 rings (SSSR count). The van der Waals surface area contributed by atoms with Crippen molar-refractivity contribution >= 4 is 11.8 Å². The first-order valence-electron chi connectivity index (χ1n) is 9.74. The number of hydrogen-bond donors (Lipinski definition) is 1. The summed E-state index contributed by atoms with van der Waals surface area (Å²) in [5, 5.41) is 3.05. The summed E-state index contributed by atoms with van der Waals surface area (Å²) in [6.07, 6.45) is 0. The van der Waals surface area contributed by atoms with Crippen molar-refractivity contribution in [2.45, 2.75) is 26.3 Å². The molecule has 2 unspecified atom stereocenters.